The van der Waals surface area contributed by atoms with Crippen LogP contribution in [0.3, 0.4) is 0 Å². The first kappa shape index (κ1) is 11.6. The summed E-state index contributed by atoms with van der Waals surface area (Å²) in [6.07, 6.45) is 0. The third-order valence-electron chi connectivity index (χ3n) is 3.01. The van der Waals surface area contributed by atoms with E-state index in [0.29, 0.717) is 19.1 Å². The molecule has 2 N–H and O–H groups in total. The lowest BCUT2D eigenvalue weighted by molar-refractivity contribution is 0.301. The van der Waals surface area contributed by atoms with Crippen LogP contribution >= 0.6 is 0 Å². The Labute approximate surface area is 111 Å². The molecular weight excluding hydrogens is 238 g/mol. The van der Waals surface area contributed by atoms with E-state index in [2.05, 4.69) is 4.98 Å². The molecule has 0 atom stereocenters. The van der Waals surface area contributed by atoms with Gasteiger partial charge in [0.15, 0.2) is 0 Å². The largest absolute Gasteiger partial charge is 0.492 e. The average molecular weight is 253 g/mol. The molecule has 0 amide bonds. The van der Waals surface area contributed by atoms with Gasteiger partial charge in [0.05, 0.1) is 17.6 Å². The number of imidazole rings is 1. The van der Waals surface area contributed by atoms with Gasteiger partial charge in [-0.2, -0.15) is 0 Å². The zero-order valence-corrected chi connectivity index (χ0v) is 10.5. The van der Waals surface area contributed by atoms with Crippen LogP contribution in [0.25, 0.3) is 11.0 Å². The summed E-state index contributed by atoms with van der Waals surface area (Å²) in [6, 6.07) is 17.7. The van der Waals surface area contributed by atoms with Crippen LogP contribution in [-0.4, -0.2) is 16.2 Å². The Morgan fingerprint density at radius 3 is 2.58 bits per heavy atom. The summed E-state index contributed by atoms with van der Waals surface area (Å²) >= 11 is 0. The molecule has 0 saturated carbocycles. The Morgan fingerprint density at radius 2 is 1.74 bits per heavy atom. The van der Waals surface area contributed by atoms with E-state index in [1.807, 2.05) is 59.2 Å². The molecule has 2 aromatic carbocycles. The van der Waals surface area contributed by atoms with Gasteiger partial charge in [0, 0.05) is 0 Å². The van der Waals surface area contributed by atoms with Crippen LogP contribution < -0.4 is 10.5 Å². The predicted octanol–water partition coefficient (Wildman–Crippen LogP) is 2.70. The van der Waals surface area contributed by atoms with Gasteiger partial charge in [-0.1, -0.05) is 30.3 Å². The second kappa shape index (κ2) is 5.02. The van der Waals surface area contributed by atoms with E-state index in [9.17, 15) is 0 Å². The van der Waals surface area contributed by atoms with Gasteiger partial charge < -0.3 is 15.0 Å². The van der Waals surface area contributed by atoms with E-state index in [4.69, 9.17) is 10.5 Å². The molecule has 0 spiro atoms. The molecule has 0 saturated heterocycles. The first-order chi connectivity index (χ1) is 9.34. The van der Waals surface area contributed by atoms with Gasteiger partial charge >= 0.3 is 0 Å². The minimum absolute atomic E-state index is 0.526. The molecule has 0 aliphatic rings. The highest BCUT2D eigenvalue weighted by atomic mass is 16.5. The molecular formula is C15H15N3O. The van der Waals surface area contributed by atoms with E-state index in [1.165, 1.54) is 0 Å². The first-order valence-electron chi connectivity index (χ1n) is 6.23. The molecule has 3 aromatic rings. The second-order valence-corrected chi connectivity index (χ2v) is 4.27. The quantitative estimate of drug-likeness (QED) is 0.777. The number of hydrogen-bond acceptors (Lipinski definition) is 3. The van der Waals surface area contributed by atoms with E-state index in [1.54, 1.807) is 0 Å². The van der Waals surface area contributed by atoms with Gasteiger partial charge in [-0.15, -0.1) is 0 Å². The predicted molar refractivity (Wildman–Crippen MR) is 76.1 cm³/mol. The SMILES string of the molecule is Nc1nc2ccccc2n1CCOc1ccccc1. The smallest absolute Gasteiger partial charge is 0.201 e. The number of aromatic nitrogens is 2. The number of para-hydroxylation sites is 3. The topological polar surface area (TPSA) is 53.1 Å². The molecule has 0 aliphatic heterocycles. The number of fused-ring (bicyclic) bond motifs is 1. The Morgan fingerprint density at radius 1 is 1.00 bits per heavy atom. The Kier molecular flexibility index (Phi) is 3.06. The van der Waals surface area contributed by atoms with Crippen LogP contribution in [0.15, 0.2) is 54.6 Å². The number of ether oxygens (including phenoxy) is 1. The highest BCUT2D eigenvalue weighted by Gasteiger charge is 2.06. The van der Waals surface area contributed by atoms with Crippen LogP contribution in [-0.2, 0) is 6.54 Å². The molecule has 0 aliphatic carbocycles. The summed E-state index contributed by atoms with van der Waals surface area (Å²) in [5.41, 5.74) is 7.88. The van der Waals surface area contributed by atoms with Gasteiger partial charge in [0.1, 0.15) is 12.4 Å². The first-order valence-corrected chi connectivity index (χ1v) is 6.23. The highest BCUT2D eigenvalue weighted by molar-refractivity contribution is 5.78. The van der Waals surface area contributed by atoms with E-state index < -0.39 is 0 Å². The average Bonchev–Trinajstić information content (AvgIpc) is 2.76. The summed E-state index contributed by atoms with van der Waals surface area (Å²) in [5.74, 6) is 1.39. The van der Waals surface area contributed by atoms with Crippen molar-refractivity contribution in [3.63, 3.8) is 0 Å². The van der Waals surface area contributed by atoms with Crippen molar-refractivity contribution in [2.45, 2.75) is 6.54 Å². The molecule has 4 nitrogen and oxygen atoms in total. The number of hydrogen-bond donors (Lipinski definition) is 1. The lowest BCUT2D eigenvalue weighted by atomic mass is 10.3. The Balaban J connectivity index is 1.73. The van der Waals surface area contributed by atoms with Crippen LogP contribution in [0.4, 0.5) is 5.95 Å². The normalized spacial score (nSPS) is 10.7. The van der Waals surface area contributed by atoms with Crippen LogP contribution in [0.5, 0.6) is 5.75 Å². The number of nitrogen functional groups attached to an aromatic ring is 1. The third-order valence-corrected chi connectivity index (χ3v) is 3.01. The number of nitrogens with two attached hydrogens (primary N) is 1. The summed E-state index contributed by atoms with van der Waals surface area (Å²) in [7, 11) is 0. The number of anilines is 1. The zero-order valence-electron chi connectivity index (χ0n) is 10.5. The maximum Gasteiger partial charge on any atom is 0.201 e. The van der Waals surface area contributed by atoms with Gasteiger partial charge in [0.2, 0.25) is 5.95 Å². The lowest BCUT2D eigenvalue weighted by Crippen LogP contribution is -2.10. The van der Waals surface area contributed by atoms with Crippen molar-refractivity contribution < 1.29 is 4.74 Å². The lowest BCUT2D eigenvalue weighted by Gasteiger charge is -2.08. The molecule has 96 valence electrons. The van der Waals surface area contributed by atoms with Crippen molar-refractivity contribution in [2.75, 3.05) is 12.3 Å². The highest BCUT2D eigenvalue weighted by Crippen LogP contribution is 2.17. The summed E-state index contributed by atoms with van der Waals surface area (Å²) < 4.78 is 7.65. The van der Waals surface area contributed by atoms with Crippen molar-refractivity contribution in [1.29, 1.82) is 0 Å². The fourth-order valence-corrected chi connectivity index (χ4v) is 2.10. The van der Waals surface area contributed by atoms with Crippen molar-refractivity contribution in [3.05, 3.63) is 54.6 Å². The molecule has 0 unspecified atom stereocenters. The molecule has 0 fully saturated rings. The Hall–Kier alpha value is -2.49. The van der Waals surface area contributed by atoms with E-state index in [-0.39, 0.29) is 0 Å². The molecule has 4 heteroatoms. The number of nitrogens with zero attached hydrogens (tertiary/aromatic N) is 2. The van der Waals surface area contributed by atoms with Gasteiger partial charge in [-0.3, -0.25) is 0 Å². The molecule has 1 aromatic heterocycles. The second-order valence-electron chi connectivity index (χ2n) is 4.27. The fraction of sp³-hybridized carbons (Fsp3) is 0.133. The van der Waals surface area contributed by atoms with Crippen LogP contribution in [0.1, 0.15) is 0 Å². The summed E-state index contributed by atoms with van der Waals surface area (Å²) in [6.45, 7) is 1.25. The van der Waals surface area contributed by atoms with Crippen molar-refractivity contribution >= 4 is 17.0 Å². The molecule has 0 radical (unpaired) electrons. The number of rotatable bonds is 4. The molecule has 1 heterocycles. The Bertz CT molecular complexity index is 676. The maximum atomic E-state index is 5.93. The van der Waals surface area contributed by atoms with Crippen molar-refractivity contribution in [3.8, 4) is 5.75 Å². The monoisotopic (exact) mass is 253 g/mol. The minimum Gasteiger partial charge on any atom is -0.492 e. The summed E-state index contributed by atoms with van der Waals surface area (Å²) in [5, 5.41) is 0. The zero-order chi connectivity index (χ0) is 13.1. The van der Waals surface area contributed by atoms with Crippen LogP contribution in [0.2, 0.25) is 0 Å². The minimum atomic E-state index is 0.526. The maximum absolute atomic E-state index is 5.93. The third kappa shape index (κ3) is 2.38. The van der Waals surface area contributed by atoms with Crippen molar-refractivity contribution in [1.82, 2.24) is 9.55 Å². The van der Waals surface area contributed by atoms with E-state index >= 15 is 0 Å². The van der Waals surface area contributed by atoms with E-state index in [0.717, 1.165) is 16.8 Å². The molecule has 3 rings (SSSR count). The fourth-order valence-electron chi connectivity index (χ4n) is 2.10. The summed E-state index contributed by atoms with van der Waals surface area (Å²) in [4.78, 5) is 4.32. The van der Waals surface area contributed by atoms with Crippen LogP contribution in [0, 0.1) is 0 Å². The van der Waals surface area contributed by atoms with Gasteiger partial charge in [0.25, 0.3) is 0 Å². The molecule has 0 bridgehead atoms. The standard InChI is InChI=1S/C15H15N3O/c16-15-17-13-8-4-5-9-14(13)18(15)10-11-19-12-6-2-1-3-7-12/h1-9H,10-11H2,(H2,16,17). The molecule has 19 heavy (non-hydrogen) atoms. The number of benzene rings is 2. The van der Waals surface area contributed by atoms with Crippen molar-refractivity contribution in [2.24, 2.45) is 0 Å². The van der Waals surface area contributed by atoms with Gasteiger partial charge in [-0.05, 0) is 24.3 Å². The van der Waals surface area contributed by atoms with Gasteiger partial charge in [-0.25, -0.2) is 4.98 Å².